The van der Waals surface area contributed by atoms with Gasteiger partial charge in [-0.2, -0.15) is 0 Å². The minimum atomic E-state index is -0.0749. The van der Waals surface area contributed by atoms with Crippen LogP contribution in [0, 0.1) is 0 Å². The third-order valence-corrected chi connectivity index (χ3v) is 3.23. The molecule has 4 nitrogen and oxygen atoms in total. The van der Waals surface area contributed by atoms with Crippen LogP contribution in [-0.4, -0.2) is 38.3 Å². The molecule has 0 saturated carbocycles. The van der Waals surface area contributed by atoms with E-state index in [-0.39, 0.29) is 5.91 Å². The lowest BCUT2D eigenvalue weighted by atomic mass is 9.97. The molecule has 21 heavy (non-hydrogen) atoms. The summed E-state index contributed by atoms with van der Waals surface area (Å²) in [6, 6.07) is 12.6. The lowest BCUT2D eigenvalue weighted by molar-refractivity contribution is 0.0828. The van der Waals surface area contributed by atoms with E-state index in [2.05, 4.69) is 0 Å². The van der Waals surface area contributed by atoms with E-state index in [0.29, 0.717) is 16.9 Å². The molecule has 108 valence electrons. The second-order valence-electron chi connectivity index (χ2n) is 4.82. The number of hydrogen-bond donors (Lipinski definition) is 0. The molecule has 0 radical (unpaired) electrons. The van der Waals surface area contributed by atoms with Crippen molar-refractivity contribution in [1.29, 1.82) is 0 Å². The predicted octanol–water partition coefficient (Wildman–Crippen LogP) is 2.88. The molecule has 0 N–H and O–H groups in total. The van der Waals surface area contributed by atoms with Crippen LogP contribution in [0.5, 0.6) is 5.75 Å². The van der Waals surface area contributed by atoms with Gasteiger partial charge in [-0.25, -0.2) is 0 Å². The Balaban J connectivity index is 2.57. The normalized spacial score (nSPS) is 10.0. The molecule has 0 fully saturated rings. The van der Waals surface area contributed by atoms with E-state index in [4.69, 9.17) is 4.74 Å². The Labute approximate surface area is 124 Å². The summed E-state index contributed by atoms with van der Waals surface area (Å²) in [4.78, 5) is 24.9. The maximum atomic E-state index is 12.2. The molecule has 2 aromatic carbocycles. The number of nitrogens with zero attached hydrogens (tertiary/aromatic N) is 1. The van der Waals surface area contributed by atoms with E-state index >= 15 is 0 Å². The number of methoxy groups -OCH3 is 1. The summed E-state index contributed by atoms with van der Waals surface area (Å²) in [5, 5.41) is 0. The maximum absolute atomic E-state index is 12.2. The van der Waals surface area contributed by atoms with Crippen molar-refractivity contribution in [3.05, 3.63) is 53.6 Å². The minimum absolute atomic E-state index is 0.0749. The number of amides is 1. The van der Waals surface area contributed by atoms with Crippen LogP contribution in [0.3, 0.4) is 0 Å². The number of hydrogen-bond acceptors (Lipinski definition) is 3. The van der Waals surface area contributed by atoms with Gasteiger partial charge in [0, 0.05) is 19.7 Å². The molecular weight excluding hydrogens is 266 g/mol. The first-order valence-corrected chi connectivity index (χ1v) is 6.52. The summed E-state index contributed by atoms with van der Waals surface area (Å²) in [7, 11) is 4.94. The fourth-order valence-electron chi connectivity index (χ4n) is 2.16. The molecule has 0 heterocycles. The average Bonchev–Trinajstić information content (AvgIpc) is 2.53. The highest BCUT2D eigenvalue weighted by Crippen LogP contribution is 2.28. The van der Waals surface area contributed by atoms with Gasteiger partial charge in [-0.1, -0.05) is 24.3 Å². The van der Waals surface area contributed by atoms with Gasteiger partial charge in [0.15, 0.2) is 6.29 Å². The molecule has 0 aliphatic carbocycles. The van der Waals surface area contributed by atoms with Crippen LogP contribution in [0.15, 0.2) is 42.5 Å². The smallest absolute Gasteiger partial charge is 0.253 e. The number of ether oxygens (including phenoxy) is 1. The number of rotatable bonds is 4. The molecule has 1 amide bonds. The summed E-state index contributed by atoms with van der Waals surface area (Å²) >= 11 is 0. The van der Waals surface area contributed by atoms with Crippen molar-refractivity contribution in [2.75, 3.05) is 21.2 Å². The number of carbonyl (C=O) groups is 2. The van der Waals surface area contributed by atoms with Crippen molar-refractivity contribution in [2.24, 2.45) is 0 Å². The zero-order valence-electron chi connectivity index (χ0n) is 12.3. The Morgan fingerprint density at radius 3 is 2.48 bits per heavy atom. The average molecular weight is 283 g/mol. The summed E-state index contributed by atoms with van der Waals surface area (Å²) < 4.78 is 5.14. The van der Waals surface area contributed by atoms with Gasteiger partial charge in [0.1, 0.15) is 5.75 Å². The quantitative estimate of drug-likeness (QED) is 0.811. The van der Waals surface area contributed by atoms with Gasteiger partial charge < -0.3 is 9.64 Å². The molecule has 0 bridgehead atoms. The van der Waals surface area contributed by atoms with E-state index < -0.39 is 0 Å². The Morgan fingerprint density at radius 1 is 1.14 bits per heavy atom. The topological polar surface area (TPSA) is 46.6 Å². The molecule has 4 heteroatoms. The standard InChI is InChI=1S/C17H17NO3/c1-18(2)17(20)15-7-5-4-6-14(15)12-8-9-16(21-3)13(10-12)11-19/h4-11H,1-3H3. The zero-order chi connectivity index (χ0) is 15.4. The zero-order valence-corrected chi connectivity index (χ0v) is 12.3. The van der Waals surface area contributed by atoms with Gasteiger partial charge in [0.05, 0.1) is 12.7 Å². The Morgan fingerprint density at radius 2 is 1.86 bits per heavy atom. The van der Waals surface area contributed by atoms with Crippen molar-refractivity contribution in [2.45, 2.75) is 0 Å². The maximum Gasteiger partial charge on any atom is 0.253 e. The lowest BCUT2D eigenvalue weighted by Gasteiger charge is -2.15. The first-order valence-electron chi connectivity index (χ1n) is 6.52. The van der Waals surface area contributed by atoms with Gasteiger partial charge in [-0.3, -0.25) is 9.59 Å². The van der Waals surface area contributed by atoms with Gasteiger partial charge in [-0.05, 0) is 29.3 Å². The Kier molecular flexibility index (Phi) is 4.38. The molecule has 0 unspecified atom stereocenters. The van der Waals surface area contributed by atoms with Crippen LogP contribution in [0.25, 0.3) is 11.1 Å². The second-order valence-corrected chi connectivity index (χ2v) is 4.82. The highest BCUT2D eigenvalue weighted by molar-refractivity contribution is 6.01. The number of carbonyl (C=O) groups excluding carboxylic acids is 2. The predicted molar refractivity (Wildman–Crippen MR) is 81.8 cm³/mol. The van der Waals surface area contributed by atoms with Crippen molar-refractivity contribution in [1.82, 2.24) is 4.90 Å². The second kappa shape index (κ2) is 6.22. The third kappa shape index (κ3) is 2.94. The fourth-order valence-corrected chi connectivity index (χ4v) is 2.16. The molecular formula is C17H17NO3. The van der Waals surface area contributed by atoms with Crippen LogP contribution in [0.1, 0.15) is 20.7 Å². The van der Waals surface area contributed by atoms with Crippen molar-refractivity contribution >= 4 is 12.2 Å². The van der Waals surface area contributed by atoms with Crippen molar-refractivity contribution in [3.8, 4) is 16.9 Å². The van der Waals surface area contributed by atoms with E-state index in [1.165, 1.54) is 12.0 Å². The first-order chi connectivity index (χ1) is 10.1. The molecule has 0 aliphatic heterocycles. The minimum Gasteiger partial charge on any atom is -0.496 e. The van der Waals surface area contributed by atoms with Crippen LogP contribution >= 0.6 is 0 Å². The highest BCUT2D eigenvalue weighted by Gasteiger charge is 2.15. The largest absolute Gasteiger partial charge is 0.496 e. The van der Waals surface area contributed by atoms with E-state index in [1.54, 1.807) is 32.3 Å². The van der Waals surface area contributed by atoms with Crippen LogP contribution in [0.2, 0.25) is 0 Å². The summed E-state index contributed by atoms with van der Waals surface area (Å²) in [5.74, 6) is 0.444. The monoisotopic (exact) mass is 283 g/mol. The van der Waals surface area contributed by atoms with Gasteiger partial charge in [0.2, 0.25) is 0 Å². The van der Waals surface area contributed by atoms with E-state index in [9.17, 15) is 9.59 Å². The molecule has 2 aromatic rings. The third-order valence-electron chi connectivity index (χ3n) is 3.23. The highest BCUT2D eigenvalue weighted by atomic mass is 16.5. The number of benzene rings is 2. The van der Waals surface area contributed by atoms with Gasteiger partial charge >= 0.3 is 0 Å². The van der Waals surface area contributed by atoms with Crippen molar-refractivity contribution < 1.29 is 14.3 Å². The lowest BCUT2D eigenvalue weighted by Crippen LogP contribution is -2.22. The summed E-state index contributed by atoms with van der Waals surface area (Å²) in [6.07, 6.45) is 0.749. The molecule has 0 saturated heterocycles. The summed E-state index contributed by atoms with van der Waals surface area (Å²) in [6.45, 7) is 0. The van der Waals surface area contributed by atoms with E-state index in [1.807, 2.05) is 24.3 Å². The van der Waals surface area contributed by atoms with Crippen molar-refractivity contribution in [3.63, 3.8) is 0 Å². The Bertz CT molecular complexity index is 677. The van der Waals surface area contributed by atoms with Crippen LogP contribution in [-0.2, 0) is 0 Å². The Hall–Kier alpha value is -2.62. The van der Waals surface area contributed by atoms with Gasteiger partial charge in [-0.15, -0.1) is 0 Å². The van der Waals surface area contributed by atoms with Gasteiger partial charge in [0.25, 0.3) is 5.91 Å². The number of aldehydes is 1. The van der Waals surface area contributed by atoms with E-state index in [0.717, 1.165) is 17.4 Å². The molecule has 0 aromatic heterocycles. The summed E-state index contributed by atoms with van der Waals surface area (Å²) in [5.41, 5.74) is 2.66. The SMILES string of the molecule is COc1ccc(-c2ccccc2C(=O)N(C)C)cc1C=O. The molecule has 0 aliphatic rings. The van der Waals surface area contributed by atoms with Crippen LogP contribution in [0.4, 0.5) is 0 Å². The van der Waals surface area contributed by atoms with Crippen LogP contribution < -0.4 is 4.74 Å². The first kappa shape index (κ1) is 14.8. The molecule has 0 atom stereocenters. The molecule has 2 rings (SSSR count). The molecule has 0 spiro atoms. The fraction of sp³-hybridized carbons (Fsp3) is 0.176.